The van der Waals surface area contributed by atoms with Crippen LogP contribution in [0, 0.1) is 18.8 Å². The number of hydrogen-bond donors (Lipinski definition) is 1. The molecule has 0 aromatic carbocycles. The van der Waals surface area contributed by atoms with Gasteiger partial charge >= 0.3 is 0 Å². The number of nitrogens with zero attached hydrogens (tertiary/aromatic N) is 1. The van der Waals surface area contributed by atoms with Crippen LogP contribution in [0.25, 0.3) is 0 Å². The van der Waals surface area contributed by atoms with E-state index in [0.29, 0.717) is 0 Å². The predicted octanol–water partition coefficient (Wildman–Crippen LogP) is 3.02. The molecule has 3 atom stereocenters. The van der Waals surface area contributed by atoms with Gasteiger partial charge in [0.15, 0.2) is 0 Å². The molecular formula is C13H22N2S. The fourth-order valence-electron chi connectivity index (χ4n) is 2.86. The summed E-state index contributed by atoms with van der Waals surface area (Å²) in [5, 5.41) is 7.02. The quantitative estimate of drug-likeness (QED) is 0.872. The first-order valence-corrected chi connectivity index (χ1v) is 7.23. The standard InChI is InChI=1S/C13H22N2S/c1-4-14-13-6-5-11(9(13)2)7-12-8-16-10(3)15-12/h8-9,11,13-14H,4-7H2,1-3H3. The SMILES string of the molecule is CCNC1CCC(Cc2csc(C)n2)C1C. The first kappa shape index (κ1) is 12.1. The molecule has 0 saturated heterocycles. The van der Waals surface area contributed by atoms with E-state index >= 15 is 0 Å². The van der Waals surface area contributed by atoms with Gasteiger partial charge in [-0.05, 0) is 44.6 Å². The zero-order valence-corrected chi connectivity index (χ0v) is 11.3. The second kappa shape index (κ2) is 5.28. The molecule has 0 spiro atoms. The van der Waals surface area contributed by atoms with Gasteiger partial charge in [0.25, 0.3) is 0 Å². The number of hydrogen-bond acceptors (Lipinski definition) is 3. The van der Waals surface area contributed by atoms with Gasteiger partial charge in [-0.25, -0.2) is 4.98 Å². The van der Waals surface area contributed by atoms with Crippen LogP contribution >= 0.6 is 11.3 Å². The molecule has 1 heterocycles. The Kier molecular flexibility index (Phi) is 3.98. The van der Waals surface area contributed by atoms with Crippen molar-refractivity contribution in [1.29, 1.82) is 0 Å². The first-order valence-electron chi connectivity index (χ1n) is 6.35. The fourth-order valence-corrected chi connectivity index (χ4v) is 3.48. The zero-order valence-electron chi connectivity index (χ0n) is 10.5. The molecule has 1 aliphatic carbocycles. The van der Waals surface area contributed by atoms with Crippen LogP contribution in [0.2, 0.25) is 0 Å². The molecule has 0 aliphatic heterocycles. The van der Waals surface area contributed by atoms with E-state index in [0.717, 1.165) is 24.4 Å². The average Bonchev–Trinajstić information content (AvgIpc) is 2.80. The van der Waals surface area contributed by atoms with E-state index in [1.165, 1.54) is 30.0 Å². The molecule has 16 heavy (non-hydrogen) atoms. The maximum atomic E-state index is 4.58. The molecule has 90 valence electrons. The summed E-state index contributed by atoms with van der Waals surface area (Å²) < 4.78 is 0. The molecule has 1 aromatic heterocycles. The minimum absolute atomic E-state index is 0.731. The van der Waals surface area contributed by atoms with E-state index in [1.807, 2.05) is 0 Å². The highest BCUT2D eigenvalue weighted by Crippen LogP contribution is 2.34. The maximum Gasteiger partial charge on any atom is 0.0897 e. The summed E-state index contributed by atoms with van der Waals surface area (Å²) in [6.07, 6.45) is 3.87. The summed E-state index contributed by atoms with van der Waals surface area (Å²) in [7, 11) is 0. The summed E-state index contributed by atoms with van der Waals surface area (Å²) in [5.41, 5.74) is 1.30. The summed E-state index contributed by atoms with van der Waals surface area (Å²) in [6, 6.07) is 0.731. The lowest BCUT2D eigenvalue weighted by atomic mass is 9.92. The van der Waals surface area contributed by atoms with E-state index in [-0.39, 0.29) is 0 Å². The van der Waals surface area contributed by atoms with Crippen molar-refractivity contribution in [3.63, 3.8) is 0 Å². The van der Waals surface area contributed by atoms with Crippen LogP contribution in [0.3, 0.4) is 0 Å². The summed E-state index contributed by atoms with van der Waals surface area (Å²) in [6.45, 7) is 7.78. The van der Waals surface area contributed by atoms with Crippen LogP contribution in [0.5, 0.6) is 0 Å². The molecule has 1 N–H and O–H groups in total. The van der Waals surface area contributed by atoms with Crippen LogP contribution in [0.1, 0.15) is 37.4 Å². The Morgan fingerprint density at radius 2 is 2.31 bits per heavy atom. The molecule has 2 rings (SSSR count). The number of rotatable bonds is 4. The van der Waals surface area contributed by atoms with Crippen LogP contribution in [-0.4, -0.2) is 17.6 Å². The lowest BCUT2D eigenvalue weighted by Gasteiger charge is -2.20. The van der Waals surface area contributed by atoms with Crippen molar-refractivity contribution in [3.8, 4) is 0 Å². The van der Waals surface area contributed by atoms with Crippen molar-refractivity contribution < 1.29 is 0 Å². The zero-order chi connectivity index (χ0) is 11.5. The van der Waals surface area contributed by atoms with Crippen molar-refractivity contribution in [1.82, 2.24) is 10.3 Å². The third-order valence-corrected chi connectivity index (χ3v) is 4.65. The highest BCUT2D eigenvalue weighted by Gasteiger charge is 2.32. The number of aromatic nitrogens is 1. The Labute approximate surface area is 102 Å². The predicted molar refractivity (Wildman–Crippen MR) is 69.9 cm³/mol. The van der Waals surface area contributed by atoms with E-state index in [1.54, 1.807) is 11.3 Å². The third-order valence-electron chi connectivity index (χ3n) is 3.83. The Morgan fingerprint density at radius 3 is 2.94 bits per heavy atom. The van der Waals surface area contributed by atoms with Crippen molar-refractivity contribution in [3.05, 3.63) is 16.1 Å². The highest BCUT2D eigenvalue weighted by molar-refractivity contribution is 7.09. The third kappa shape index (κ3) is 2.64. The number of aryl methyl sites for hydroxylation is 1. The van der Waals surface area contributed by atoms with Crippen molar-refractivity contribution in [2.45, 2.75) is 46.1 Å². The van der Waals surface area contributed by atoms with Gasteiger partial charge in [-0.2, -0.15) is 0 Å². The topological polar surface area (TPSA) is 24.9 Å². The maximum absolute atomic E-state index is 4.58. The summed E-state index contributed by atoms with van der Waals surface area (Å²) in [5.74, 6) is 1.62. The van der Waals surface area contributed by atoms with Gasteiger partial charge in [0.1, 0.15) is 0 Å². The second-order valence-electron chi connectivity index (χ2n) is 4.92. The van der Waals surface area contributed by atoms with Gasteiger partial charge in [0.05, 0.1) is 10.7 Å². The molecule has 0 amide bonds. The van der Waals surface area contributed by atoms with E-state index in [4.69, 9.17) is 0 Å². The summed E-state index contributed by atoms with van der Waals surface area (Å²) >= 11 is 1.77. The Hall–Kier alpha value is -0.410. The van der Waals surface area contributed by atoms with Crippen LogP contribution in [0.15, 0.2) is 5.38 Å². The van der Waals surface area contributed by atoms with Crippen LogP contribution in [0.4, 0.5) is 0 Å². The Bertz CT molecular complexity index is 334. The van der Waals surface area contributed by atoms with Crippen molar-refractivity contribution in [2.75, 3.05) is 6.54 Å². The molecule has 1 aromatic rings. The van der Waals surface area contributed by atoms with Crippen molar-refractivity contribution >= 4 is 11.3 Å². The van der Waals surface area contributed by atoms with Gasteiger partial charge < -0.3 is 5.32 Å². The molecule has 3 heteroatoms. The van der Waals surface area contributed by atoms with E-state index in [2.05, 4.69) is 36.5 Å². The van der Waals surface area contributed by atoms with Gasteiger partial charge in [0.2, 0.25) is 0 Å². The smallest absolute Gasteiger partial charge is 0.0897 e. The normalized spacial score (nSPS) is 29.8. The molecule has 1 aliphatic rings. The highest BCUT2D eigenvalue weighted by atomic mass is 32.1. The second-order valence-corrected chi connectivity index (χ2v) is 5.98. The molecule has 1 fully saturated rings. The lowest BCUT2D eigenvalue weighted by molar-refractivity contribution is 0.353. The lowest BCUT2D eigenvalue weighted by Crippen LogP contribution is -2.32. The van der Waals surface area contributed by atoms with E-state index < -0.39 is 0 Å². The molecule has 0 bridgehead atoms. The van der Waals surface area contributed by atoms with Gasteiger partial charge in [-0.1, -0.05) is 13.8 Å². The number of thiazole rings is 1. The minimum Gasteiger partial charge on any atom is -0.314 e. The van der Waals surface area contributed by atoms with Crippen LogP contribution < -0.4 is 5.32 Å². The molecule has 1 saturated carbocycles. The van der Waals surface area contributed by atoms with E-state index in [9.17, 15) is 0 Å². The summed E-state index contributed by atoms with van der Waals surface area (Å²) in [4.78, 5) is 4.58. The monoisotopic (exact) mass is 238 g/mol. The van der Waals surface area contributed by atoms with Gasteiger partial charge in [0, 0.05) is 11.4 Å². The van der Waals surface area contributed by atoms with Gasteiger partial charge in [-0.15, -0.1) is 11.3 Å². The first-order chi connectivity index (χ1) is 7.70. The largest absolute Gasteiger partial charge is 0.314 e. The van der Waals surface area contributed by atoms with Crippen LogP contribution in [-0.2, 0) is 6.42 Å². The minimum atomic E-state index is 0.731. The Balaban J connectivity index is 1.92. The molecular weight excluding hydrogens is 216 g/mol. The van der Waals surface area contributed by atoms with Gasteiger partial charge in [-0.3, -0.25) is 0 Å². The molecule has 0 radical (unpaired) electrons. The molecule has 3 unspecified atom stereocenters. The fraction of sp³-hybridized carbons (Fsp3) is 0.769. The molecule has 2 nitrogen and oxygen atoms in total. The number of nitrogens with one attached hydrogen (secondary N) is 1. The average molecular weight is 238 g/mol. The van der Waals surface area contributed by atoms with Crippen molar-refractivity contribution in [2.24, 2.45) is 11.8 Å². The Morgan fingerprint density at radius 1 is 1.50 bits per heavy atom.